The molecule has 0 unspecified atom stereocenters. The summed E-state index contributed by atoms with van der Waals surface area (Å²) in [6.45, 7) is 0. The summed E-state index contributed by atoms with van der Waals surface area (Å²) < 4.78 is 278. The Bertz CT molecular complexity index is 4820. The van der Waals surface area contributed by atoms with Crippen molar-refractivity contribution in [3.05, 3.63) is 181 Å². The van der Waals surface area contributed by atoms with Gasteiger partial charge in [-0.05, 0) is 100.0 Å². The largest absolute Gasteiger partial charge is 0.455 e. The second-order valence-corrected chi connectivity index (χ2v) is 11.3. The minimum absolute atomic E-state index is 0.473. The molecule has 0 saturated carbocycles. The van der Waals surface area contributed by atoms with Gasteiger partial charge in [0.2, 0.25) is 0 Å². The summed E-state index contributed by atoms with van der Waals surface area (Å²) in [5.41, 5.74) is -6.07. The molecule has 0 bridgehead atoms. The van der Waals surface area contributed by atoms with E-state index in [9.17, 15) is 15.1 Å². The Labute approximate surface area is 336 Å². The van der Waals surface area contributed by atoms with E-state index in [1.807, 2.05) is 0 Å². The zero-order valence-electron chi connectivity index (χ0n) is 55.4. The fourth-order valence-corrected chi connectivity index (χ4v) is 6.37. The molecule has 0 aliphatic carbocycles. The topological polar surface area (TPSA) is 13.1 Å². The third-order valence-electron chi connectivity index (χ3n) is 8.56. The zero-order valence-corrected chi connectivity index (χ0v) is 25.4. The summed E-state index contributed by atoms with van der Waals surface area (Å²) in [5, 5.41) is -7.37. The van der Waals surface area contributed by atoms with Crippen LogP contribution in [0.2, 0.25) is 0 Å². The van der Waals surface area contributed by atoms with Crippen molar-refractivity contribution in [1.82, 2.24) is 0 Å². The Morgan fingerprint density at radius 2 is 0.843 bits per heavy atom. The molecule has 0 atom stereocenters. The van der Waals surface area contributed by atoms with Gasteiger partial charge in [0.1, 0.15) is 11.2 Å². The van der Waals surface area contributed by atoms with Gasteiger partial charge in [0.05, 0.1) is 41.1 Å². The highest BCUT2D eigenvalue weighted by atomic mass is 16.3. The summed E-state index contributed by atoms with van der Waals surface area (Å²) in [6, 6.07) is -28.0. The fraction of sp³-hybridized carbons (Fsp3) is 0. The molecule has 11 rings (SSSR count). The first kappa shape index (κ1) is 11.7. The lowest BCUT2D eigenvalue weighted by molar-refractivity contribution is 0.673. The van der Waals surface area contributed by atoms with E-state index in [-0.39, 0.29) is 0 Å². The Morgan fingerprint density at radius 1 is 0.333 bits per heavy atom. The average molecular weight is 677 g/mol. The molecular formula is C50H30O. The van der Waals surface area contributed by atoms with Gasteiger partial charge >= 0.3 is 0 Å². The van der Waals surface area contributed by atoms with Crippen LogP contribution in [0.25, 0.3) is 109 Å². The van der Waals surface area contributed by atoms with Crippen LogP contribution >= 0.6 is 0 Å². The lowest BCUT2D eigenvalue weighted by atomic mass is 9.84. The van der Waals surface area contributed by atoms with Gasteiger partial charge in [-0.15, -0.1) is 0 Å². The number of fused-ring (bicyclic) bond motifs is 10. The van der Waals surface area contributed by atoms with Gasteiger partial charge in [0.25, 0.3) is 0 Å². The number of furan rings is 1. The van der Waals surface area contributed by atoms with Gasteiger partial charge in [0.15, 0.2) is 0 Å². The van der Waals surface area contributed by atoms with Crippen LogP contribution in [0, 0.1) is 0 Å². The normalized spacial score (nSPS) is 20.2. The molecule has 0 radical (unpaired) electrons. The highest BCUT2D eigenvalue weighted by Crippen LogP contribution is 2.47. The second kappa shape index (κ2) is 10.9. The van der Waals surface area contributed by atoms with Gasteiger partial charge in [-0.25, -0.2) is 0 Å². The second-order valence-electron chi connectivity index (χ2n) is 11.3. The fourth-order valence-electron chi connectivity index (χ4n) is 6.37. The lowest BCUT2D eigenvalue weighted by Crippen LogP contribution is -1.91. The van der Waals surface area contributed by atoms with Gasteiger partial charge < -0.3 is 4.42 Å². The molecular weight excluding hydrogens is 617 g/mol. The predicted molar refractivity (Wildman–Crippen MR) is 218 cm³/mol. The number of rotatable bonds is 3. The van der Waals surface area contributed by atoms with Crippen LogP contribution in [0.5, 0.6) is 0 Å². The van der Waals surface area contributed by atoms with Crippen LogP contribution in [0.1, 0.15) is 41.1 Å². The van der Waals surface area contributed by atoms with Crippen molar-refractivity contribution in [2.24, 2.45) is 0 Å². The predicted octanol–water partition coefficient (Wildman–Crippen LogP) is 14.4. The van der Waals surface area contributed by atoms with E-state index >= 15 is 0 Å². The molecule has 1 aromatic heterocycles. The van der Waals surface area contributed by atoms with Crippen molar-refractivity contribution in [3.63, 3.8) is 0 Å². The number of hydrogen-bond donors (Lipinski definition) is 0. The van der Waals surface area contributed by atoms with E-state index < -0.39 is 290 Å². The first-order chi connectivity index (χ1) is 37.8. The Balaban J connectivity index is 1.37. The van der Waals surface area contributed by atoms with Gasteiger partial charge in [-0.1, -0.05) is 163 Å². The van der Waals surface area contributed by atoms with Gasteiger partial charge in [-0.3, -0.25) is 0 Å². The molecule has 236 valence electrons. The Hall–Kier alpha value is -6.70. The van der Waals surface area contributed by atoms with Gasteiger partial charge in [0, 0.05) is 16.2 Å². The molecule has 0 spiro atoms. The molecule has 0 N–H and O–H groups in total. The molecule has 0 fully saturated rings. The van der Waals surface area contributed by atoms with E-state index in [2.05, 4.69) is 0 Å². The van der Waals surface area contributed by atoms with Crippen molar-refractivity contribution in [1.29, 1.82) is 0 Å². The number of hydrogen-bond acceptors (Lipinski definition) is 1. The molecule has 51 heavy (non-hydrogen) atoms. The van der Waals surface area contributed by atoms with Crippen molar-refractivity contribution < 1.29 is 45.5 Å². The van der Waals surface area contributed by atoms with Crippen molar-refractivity contribution in [2.75, 3.05) is 0 Å². The molecule has 11 aromatic rings. The Kier molecular flexibility index (Phi) is 2.50. The molecule has 1 nitrogen and oxygen atoms in total. The Morgan fingerprint density at radius 3 is 1.55 bits per heavy atom. The maximum Gasteiger partial charge on any atom is 0.143 e. The first-order valence-corrected chi connectivity index (χ1v) is 15.2. The summed E-state index contributed by atoms with van der Waals surface area (Å²) in [7, 11) is 0. The van der Waals surface area contributed by atoms with Crippen LogP contribution in [0.4, 0.5) is 0 Å². The quantitative estimate of drug-likeness (QED) is 0.134. The van der Waals surface area contributed by atoms with Gasteiger partial charge in [-0.2, -0.15) is 0 Å². The third-order valence-corrected chi connectivity index (χ3v) is 8.56. The summed E-state index contributed by atoms with van der Waals surface area (Å²) >= 11 is 0. The summed E-state index contributed by atoms with van der Waals surface area (Å²) in [6.07, 6.45) is 0. The molecule has 0 amide bonds. The third kappa shape index (κ3) is 4.22. The molecule has 1 heterocycles. The molecule has 0 saturated heterocycles. The number of benzene rings is 10. The smallest absolute Gasteiger partial charge is 0.143 e. The molecule has 1 heteroatoms. The monoisotopic (exact) mass is 676 g/mol. The summed E-state index contributed by atoms with van der Waals surface area (Å²) in [5.74, 6) is 0. The minimum atomic E-state index is -1.14. The minimum Gasteiger partial charge on any atom is -0.455 e. The van der Waals surface area contributed by atoms with Crippen molar-refractivity contribution >= 4 is 75.8 Å². The van der Waals surface area contributed by atoms with Crippen LogP contribution < -0.4 is 0 Å². The molecule has 0 aliphatic heterocycles. The summed E-state index contributed by atoms with van der Waals surface area (Å²) in [4.78, 5) is 0. The van der Waals surface area contributed by atoms with Crippen molar-refractivity contribution in [2.45, 2.75) is 0 Å². The van der Waals surface area contributed by atoms with Crippen molar-refractivity contribution in [3.8, 4) is 33.4 Å². The van der Waals surface area contributed by atoms with E-state index in [1.54, 1.807) is 0 Å². The van der Waals surface area contributed by atoms with E-state index in [1.165, 1.54) is 0 Å². The SMILES string of the molecule is [2H]c1c([2H])c(-c2c3c([2H])c([2H])c([2H])c([2H])c3c(-c3c([2H])c([2H])c([2H])c4oc5c6c([2H])c([2H])c([2H])c([2H])c6c([2H])c([2H])c5c34)c3c([2H])c([2H])c([2H])c([2H])c23)c([2H])c([2H])c1-c1c([2H])c([2H])c2c([2H])c([2H])c3c([2H])c([2H])c([2H])c([2H])c3c2c1[2H]. The zero-order chi connectivity index (χ0) is 59.6. The van der Waals surface area contributed by atoms with Crippen LogP contribution in [-0.2, 0) is 0 Å². The molecule has 10 aromatic carbocycles. The van der Waals surface area contributed by atoms with Crippen LogP contribution in [0.3, 0.4) is 0 Å². The van der Waals surface area contributed by atoms with E-state index in [4.69, 9.17) is 30.5 Å². The van der Waals surface area contributed by atoms with E-state index in [0.717, 1.165) is 0 Å². The average Bonchev–Trinajstić information content (AvgIpc) is 3.25. The van der Waals surface area contributed by atoms with E-state index in [0.29, 0.717) is 0 Å². The molecule has 0 aliphatic rings. The highest BCUT2D eigenvalue weighted by molar-refractivity contribution is 6.27. The van der Waals surface area contributed by atoms with Crippen LogP contribution in [-0.4, -0.2) is 0 Å². The first-order valence-electron chi connectivity index (χ1n) is 30.2. The maximum atomic E-state index is 9.69. The maximum absolute atomic E-state index is 9.69. The lowest BCUT2D eigenvalue weighted by Gasteiger charge is -2.18. The highest BCUT2D eigenvalue weighted by Gasteiger charge is 2.21. The standard InChI is InChI=1S/C50H30O/c1-3-12-37-32(10-1)22-23-34-24-27-36(30-45(34)37)31-20-25-35(26-21-31)47-39-14-5-7-16-41(39)48(42-17-8-6-15-40(42)47)43-18-9-19-46-49(43)44-29-28-33-11-2-4-13-38(33)50(44)51-46/h1-30H/i1D,2D,3D,4D,5D,6D,7D,8D,9D,10D,11D,12D,13D,14D,15D,16D,17D,18D,19D,20D,21D,22D,23D,24D,25D,26D,27D,28D,29D,30D. The van der Waals surface area contributed by atoms with Crippen LogP contribution in [0.15, 0.2) is 186 Å².